The van der Waals surface area contributed by atoms with Crippen LogP contribution in [0.1, 0.15) is 51.3 Å². The normalized spacial score (nSPS) is 23.9. The van der Waals surface area contributed by atoms with Crippen LogP contribution in [0, 0.1) is 6.57 Å². The molecule has 6 nitrogen and oxygen atoms in total. The van der Waals surface area contributed by atoms with Gasteiger partial charge in [-0.1, -0.05) is 26.8 Å². The van der Waals surface area contributed by atoms with Gasteiger partial charge in [-0.25, -0.2) is 4.85 Å². The Hall–Kier alpha value is -2.74. The molecule has 0 amide bonds. The molecule has 1 aromatic carbocycles. The van der Waals surface area contributed by atoms with Crippen LogP contribution >= 0.6 is 0 Å². The van der Waals surface area contributed by atoms with Crippen LogP contribution in [0.25, 0.3) is 10.5 Å². The molecule has 2 bridgehead atoms. The lowest BCUT2D eigenvalue weighted by Crippen LogP contribution is -2.42. The average molecular weight is 507 g/mol. The van der Waals surface area contributed by atoms with Crippen LogP contribution in [-0.4, -0.2) is 29.7 Å². The Balaban J connectivity index is 1.80. The van der Waals surface area contributed by atoms with Crippen molar-refractivity contribution >= 4 is 14.0 Å². The number of fused-ring (bicyclic) bond motifs is 5. The molecule has 3 heterocycles. The van der Waals surface area contributed by atoms with Gasteiger partial charge in [-0.15, -0.1) is 0 Å². The molecule has 2 N–H and O–H groups in total. The molecule has 10 heteroatoms. The number of aromatic hydroxyl groups is 2. The van der Waals surface area contributed by atoms with Crippen molar-refractivity contribution in [2.24, 2.45) is 0 Å². The van der Waals surface area contributed by atoms with Crippen molar-refractivity contribution in [2.45, 2.75) is 70.1 Å². The van der Waals surface area contributed by atoms with Gasteiger partial charge in [0.2, 0.25) is 11.8 Å². The Kier molecular flexibility index (Phi) is 5.35. The van der Waals surface area contributed by atoms with Gasteiger partial charge in [0.1, 0.15) is 11.2 Å². The van der Waals surface area contributed by atoms with Gasteiger partial charge in [-0.2, -0.15) is 13.2 Å². The second kappa shape index (κ2) is 7.38. The third kappa shape index (κ3) is 3.60. The van der Waals surface area contributed by atoms with E-state index >= 15 is 0 Å². The maximum Gasteiger partial charge on any atom is 0.407 e. The first kappa shape index (κ1) is 25.4. The molecule has 2 unspecified atom stereocenters. The van der Waals surface area contributed by atoms with E-state index < -0.39 is 48.7 Å². The molecular weight excluding hydrogens is 477 g/mol. The van der Waals surface area contributed by atoms with E-state index in [1.165, 1.54) is 6.07 Å². The average Bonchev–Trinajstić information content (AvgIpc) is 3.25. The van der Waals surface area contributed by atoms with Crippen molar-refractivity contribution in [1.82, 2.24) is 4.57 Å². The molecular formula is C25H29F3N2O4Si. The fraction of sp³-hybridized carbons (Fsp3) is 0.480. The first-order valence-electron chi connectivity index (χ1n) is 11.2. The van der Waals surface area contributed by atoms with Crippen molar-refractivity contribution in [1.29, 1.82) is 0 Å². The van der Waals surface area contributed by atoms with Crippen molar-refractivity contribution in [3.8, 4) is 17.4 Å². The second-order valence-corrected chi connectivity index (χ2v) is 15.8. The van der Waals surface area contributed by atoms with Gasteiger partial charge >= 0.3 is 6.18 Å². The highest BCUT2D eigenvalue weighted by atomic mass is 28.4. The van der Waals surface area contributed by atoms with E-state index in [9.17, 15) is 23.4 Å². The highest BCUT2D eigenvalue weighted by Crippen LogP contribution is 2.63. The number of benzene rings is 1. The van der Waals surface area contributed by atoms with Crippen LogP contribution < -0.4 is 0 Å². The fourth-order valence-electron chi connectivity index (χ4n) is 4.68. The molecule has 2 aliphatic rings. The zero-order valence-corrected chi connectivity index (χ0v) is 21.8. The Morgan fingerprint density at radius 3 is 2.26 bits per heavy atom. The minimum atomic E-state index is -4.77. The summed E-state index contributed by atoms with van der Waals surface area (Å²) < 4.78 is 54.3. The van der Waals surface area contributed by atoms with Crippen LogP contribution in [0.4, 0.5) is 18.9 Å². The van der Waals surface area contributed by atoms with Crippen LogP contribution in [-0.2, 0) is 26.5 Å². The van der Waals surface area contributed by atoms with E-state index in [1.807, 2.05) is 6.08 Å². The number of aromatic nitrogens is 1. The van der Waals surface area contributed by atoms with E-state index in [0.29, 0.717) is 11.1 Å². The Morgan fingerprint density at radius 1 is 1.11 bits per heavy atom. The molecule has 2 atom stereocenters. The van der Waals surface area contributed by atoms with Crippen molar-refractivity contribution in [3.63, 3.8) is 0 Å². The zero-order chi connectivity index (χ0) is 26.4. The Bertz CT molecular complexity index is 1300. The van der Waals surface area contributed by atoms with Crippen molar-refractivity contribution in [3.05, 3.63) is 58.0 Å². The van der Waals surface area contributed by atoms with E-state index in [4.69, 9.17) is 15.7 Å². The molecule has 0 fully saturated rings. The van der Waals surface area contributed by atoms with Gasteiger partial charge in [0, 0.05) is 0 Å². The molecule has 0 aliphatic carbocycles. The summed E-state index contributed by atoms with van der Waals surface area (Å²) in [5, 5.41) is 22.3. The summed E-state index contributed by atoms with van der Waals surface area (Å²) in [5.74, 6) is -0.821. The summed E-state index contributed by atoms with van der Waals surface area (Å²) >= 11 is 0. The van der Waals surface area contributed by atoms with Crippen LogP contribution in [0.15, 0.2) is 29.8 Å². The molecule has 2 aliphatic heterocycles. The van der Waals surface area contributed by atoms with Gasteiger partial charge < -0.3 is 19.4 Å². The summed E-state index contributed by atoms with van der Waals surface area (Å²) in [7, 11) is -2.10. The quantitative estimate of drug-likeness (QED) is 0.269. The van der Waals surface area contributed by atoms with Crippen molar-refractivity contribution < 1.29 is 32.5 Å². The minimum absolute atomic E-state index is 0.0145. The largest absolute Gasteiger partial charge is 0.494 e. The first-order valence-corrected chi connectivity index (χ1v) is 14.1. The van der Waals surface area contributed by atoms with Gasteiger partial charge in [0.05, 0.1) is 35.6 Å². The number of halogens is 3. The predicted octanol–water partition coefficient (Wildman–Crippen LogP) is 6.88. The molecule has 4 rings (SSSR count). The molecule has 188 valence electrons. The lowest BCUT2D eigenvalue weighted by molar-refractivity contribution is -0.136. The second-order valence-electron chi connectivity index (χ2n) is 11.0. The molecule has 0 radical (unpaired) electrons. The topological polar surface area (TPSA) is 68.2 Å². The first-order chi connectivity index (χ1) is 15.9. The van der Waals surface area contributed by atoms with E-state index in [0.717, 1.165) is 22.3 Å². The maximum absolute atomic E-state index is 13.5. The summed E-state index contributed by atoms with van der Waals surface area (Å²) in [6.07, 6.45) is -2.91. The highest BCUT2D eigenvalue weighted by Gasteiger charge is 2.60. The van der Waals surface area contributed by atoms with E-state index in [-0.39, 0.29) is 17.3 Å². The van der Waals surface area contributed by atoms with Crippen LogP contribution in [0.5, 0.6) is 11.8 Å². The number of hydrogen-bond donors (Lipinski definition) is 2. The zero-order valence-electron chi connectivity index (χ0n) is 20.8. The van der Waals surface area contributed by atoms with Crippen LogP contribution in [0.2, 0.25) is 18.1 Å². The van der Waals surface area contributed by atoms with Gasteiger partial charge in [0.15, 0.2) is 14.0 Å². The maximum atomic E-state index is 13.5. The predicted molar refractivity (Wildman–Crippen MR) is 127 cm³/mol. The monoisotopic (exact) mass is 506 g/mol. The summed E-state index contributed by atoms with van der Waals surface area (Å²) in [4.78, 5) is 2.95. The minimum Gasteiger partial charge on any atom is -0.494 e. The van der Waals surface area contributed by atoms with E-state index in [1.54, 1.807) is 13.8 Å². The van der Waals surface area contributed by atoms with E-state index in [2.05, 4.69) is 38.7 Å². The van der Waals surface area contributed by atoms with Crippen molar-refractivity contribution in [2.75, 3.05) is 6.61 Å². The molecule has 1 aromatic heterocycles. The number of nitrogens with zero attached hydrogens (tertiary/aromatic N) is 2. The standard InChI is InChI=1S/C25H29F3N2O4Si/c1-22(2,3)35(7,8)33-13-14-12-23(4)18-19(24(14,5)34-23)21(32)30(20(18)31)15-9-10-17(29-6)16(11-15)25(26,27)28/h9-12,31-32H,13H2,1-5,7-8H3. The molecule has 2 aromatic rings. The Labute approximate surface area is 203 Å². The number of alkyl halides is 3. The Morgan fingerprint density at radius 2 is 1.71 bits per heavy atom. The van der Waals surface area contributed by atoms with Crippen LogP contribution in [0.3, 0.4) is 0 Å². The SMILES string of the molecule is [C-]#[N+]c1ccc(-n2c(O)c3c(c2O)C2(C)OC3(C)C=C2CO[Si](C)(C)C(C)(C)C)cc1C(F)(F)F. The summed E-state index contributed by atoms with van der Waals surface area (Å²) in [5.41, 5.74) is -2.64. The third-order valence-corrected chi connectivity index (χ3v) is 12.1. The van der Waals surface area contributed by atoms with Gasteiger partial charge in [0.25, 0.3) is 0 Å². The summed E-state index contributed by atoms with van der Waals surface area (Å²) in [6.45, 7) is 21.5. The molecule has 35 heavy (non-hydrogen) atoms. The lowest BCUT2D eigenvalue weighted by Gasteiger charge is -2.37. The fourth-order valence-corrected chi connectivity index (χ4v) is 5.63. The molecule has 0 saturated carbocycles. The summed E-state index contributed by atoms with van der Waals surface area (Å²) in [6, 6.07) is 3.05. The van der Waals surface area contributed by atoms with Gasteiger partial charge in [-0.3, -0.25) is 4.57 Å². The number of rotatable bonds is 4. The number of ether oxygens (including phenoxy) is 1. The third-order valence-electron chi connectivity index (χ3n) is 7.63. The lowest BCUT2D eigenvalue weighted by atomic mass is 9.80. The molecule has 0 spiro atoms. The smallest absolute Gasteiger partial charge is 0.407 e. The highest BCUT2D eigenvalue weighted by molar-refractivity contribution is 6.74. The van der Waals surface area contributed by atoms with Gasteiger partial charge in [-0.05, 0) is 55.8 Å². The number of hydrogen-bond acceptors (Lipinski definition) is 4. The molecule has 0 saturated heterocycles.